The maximum Gasteiger partial charge on any atom is 0.323 e. The zero-order valence-corrected chi connectivity index (χ0v) is 22.5. The summed E-state index contributed by atoms with van der Waals surface area (Å²) >= 11 is 0. The molecule has 35 heavy (non-hydrogen) atoms. The maximum absolute atomic E-state index is 13.2. The lowest BCUT2D eigenvalue weighted by molar-refractivity contribution is -0.144. The summed E-state index contributed by atoms with van der Waals surface area (Å²) in [5.41, 5.74) is 5.76. The average molecular weight is 479 g/mol. The first-order valence-electron chi connectivity index (χ1n) is 13.2. The molecule has 3 unspecified atom stereocenters. The number of benzene rings is 2. The lowest BCUT2D eigenvalue weighted by Gasteiger charge is -2.26. The molecule has 2 aromatic carbocycles. The number of unbranched alkanes of at least 4 members (excludes halogenated alkanes) is 2. The fraction of sp³-hybridized carbons (Fsp3) is 0.548. The van der Waals surface area contributed by atoms with Gasteiger partial charge < -0.3 is 9.84 Å². The summed E-state index contributed by atoms with van der Waals surface area (Å²) < 4.78 is 5.91. The molecule has 3 rings (SSSR count). The molecular weight excluding hydrogens is 436 g/mol. The molecule has 1 N–H and O–H groups in total. The molecule has 0 bridgehead atoms. The highest BCUT2D eigenvalue weighted by atomic mass is 16.5. The summed E-state index contributed by atoms with van der Waals surface area (Å²) in [7, 11) is 0. The van der Waals surface area contributed by atoms with Crippen molar-refractivity contribution in [3.8, 4) is 5.75 Å². The van der Waals surface area contributed by atoms with E-state index in [-0.39, 0.29) is 17.3 Å². The third-order valence-corrected chi connectivity index (χ3v) is 7.74. The zero-order valence-electron chi connectivity index (χ0n) is 22.5. The summed E-state index contributed by atoms with van der Waals surface area (Å²) in [6.07, 6.45) is 5.57. The van der Waals surface area contributed by atoms with Crippen molar-refractivity contribution < 1.29 is 19.4 Å². The highest BCUT2D eigenvalue weighted by molar-refractivity contribution is 5.91. The van der Waals surface area contributed by atoms with Crippen LogP contribution in [-0.4, -0.2) is 17.0 Å². The number of ether oxygens (including phenoxy) is 1. The van der Waals surface area contributed by atoms with Gasteiger partial charge in [-0.1, -0.05) is 90.6 Å². The minimum Gasteiger partial charge on any atom is -0.481 e. The second kappa shape index (κ2) is 11.0. The maximum atomic E-state index is 13.2. The zero-order chi connectivity index (χ0) is 25.9. The Morgan fingerprint density at radius 2 is 1.80 bits per heavy atom. The Morgan fingerprint density at radius 3 is 2.40 bits per heavy atom. The summed E-state index contributed by atoms with van der Waals surface area (Å²) in [4.78, 5) is 25.6. The monoisotopic (exact) mass is 478 g/mol. The van der Waals surface area contributed by atoms with Crippen LogP contribution >= 0.6 is 0 Å². The number of hydrogen-bond acceptors (Lipinski definition) is 3. The number of carbonyl (C=O) groups excluding carboxylic acids is 1. The number of aryl methyl sites for hydroxylation is 1. The van der Waals surface area contributed by atoms with Crippen LogP contribution in [0.4, 0.5) is 0 Å². The lowest BCUT2D eigenvalue weighted by atomic mass is 9.77. The quantitative estimate of drug-likeness (QED) is 0.218. The van der Waals surface area contributed by atoms with Gasteiger partial charge >= 0.3 is 11.9 Å². The van der Waals surface area contributed by atoms with E-state index < -0.39 is 17.8 Å². The fourth-order valence-electron chi connectivity index (χ4n) is 5.44. The van der Waals surface area contributed by atoms with Crippen molar-refractivity contribution in [2.24, 2.45) is 11.8 Å². The van der Waals surface area contributed by atoms with Gasteiger partial charge in [0.15, 0.2) is 0 Å². The SMILES string of the molecule is CCCCCC(CC)C(Cc1cc2c(c(C(C)(C)C)c1)OC(=O)C2c1cccc(C)c1C)C(=O)O. The molecule has 0 saturated heterocycles. The van der Waals surface area contributed by atoms with Gasteiger partial charge in [0, 0.05) is 11.1 Å². The Hall–Kier alpha value is -2.62. The number of aliphatic carboxylic acids is 1. The van der Waals surface area contributed by atoms with E-state index in [2.05, 4.69) is 53.7 Å². The van der Waals surface area contributed by atoms with Gasteiger partial charge in [-0.05, 0) is 60.3 Å². The van der Waals surface area contributed by atoms with E-state index >= 15 is 0 Å². The number of carbonyl (C=O) groups is 2. The van der Waals surface area contributed by atoms with Gasteiger partial charge in [0.1, 0.15) is 11.7 Å². The molecule has 2 aromatic rings. The number of carboxylic acid groups (broad SMARTS) is 1. The first kappa shape index (κ1) is 27.0. The van der Waals surface area contributed by atoms with Crippen molar-refractivity contribution in [1.29, 1.82) is 0 Å². The Balaban J connectivity index is 2.09. The van der Waals surface area contributed by atoms with Crippen LogP contribution in [0, 0.1) is 25.7 Å². The number of rotatable bonds is 10. The van der Waals surface area contributed by atoms with Gasteiger partial charge in [0.25, 0.3) is 0 Å². The van der Waals surface area contributed by atoms with Gasteiger partial charge in [-0.2, -0.15) is 0 Å². The van der Waals surface area contributed by atoms with Crippen LogP contribution in [-0.2, 0) is 21.4 Å². The summed E-state index contributed by atoms with van der Waals surface area (Å²) in [6.45, 7) is 14.7. The predicted molar refractivity (Wildman–Crippen MR) is 141 cm³/mol. The molecule has 0 spiro atoms. The second-order valence-electron chi connectivity index (χ2n) is 11.3. The number of carboxylic acids is 1. The van der Waals surface area contributed by atoms with Crippen molar-refractivity contribution >= 4 is 11.9 Å². The third-order valence-electron chi connectivity index (χ3n) is 7.74. The smallest absolute Gasteiger partial charge is 0.323 e. The van der Waals surface area contributed by atoms with E-state index in [0.717, 1.165) is 65.5 Å². The number of fused-ring (bicyclic) bond motifs is 1. The Morgan fingerprint density at radius 1 is 1.09 bits per heavy atom. The van der Waals surface area contributed by atoms with Gasteiger partial charge in [0.2, 0.25) is 0 Å². The van der Waals surface area contributed by atoms with Crippen LogP contribution in [0.1, 0.15) is 106 Å². The summed E-state index contributed by atoms with van der Waals surface area (Å²) in [5.74, 6) is -1.13. The van der Waals surface area contributed by atoms with Gasteiger partial charge in [-0.25, -0.2) is 0 Å². The average Bonchev–Trinajstić information content (AvgIpc) is 3.11. The normalized spacial score (nSPS) is 17.1. The predicted octanol–water partition coefficient (Wildman–Crippen LogP) is 7.50. The standard InChI is InChI=1S/C31H42O4/c1-8-10-11-14-22(9-2)24(29(32)33)16-21-17-25-27(23-15-12-13-19(3)20(23)4)30(34)35-28(25)26(18-21)31(5,6)7/h12-13,15,17-18,22,24,27H,8-11,14,16H2,1-7H3,(H,32,33). The highest BCUT2D eigenvalue weighted by Gasteiger charge is 2.40. The molecule has 0 aromatic heterocycles. The topological polar surface area (TPSA) is 63.6 Å². The summed E-state index contributed by atoms with van der Waals surface area (Å²) in [5, 5.41) is 10.2. The summed E-state index contributed by atoms with van der Waals surface area (Å²) in [6, 6.07) is 10.2. The molecule has 190 valence electrons. The second-order valence-corrected chi connectivity index (χ2v) is 11.3. The highest BCUT2D eigenvalue weighted by Crippen LogP contribution is 2.47. The molecule has 0 radical (unpaired) electrons. The molecule has 3 atom stereocenters. The number of hydrogen-bond donors (Lipinski definition) is 1. The van der Waals surface area contributed by atoms with E-state index in [0.29, 0.717) is 12.2 Å². The minimum atomic E-state index is -0.732. The van der Waals surface area contributed by atoms with E-state index in [1.807, 2.05) is 25.1 Å². The van der Waals surface area contributed by atoms with Crippen LogP contribution in [0.15, 0.2) is 30.3 Å². The van der Waals surface area contributed by atoms with Gasteiger partial charge in [-0.15, -0.1) is 0 Å². The van der Waals surface area contributed by atoms with Gasteiger partial charge in [0.05, 0.1) is 5.92 Å². The van der Waals surface area contributed by atoms with E-state index in [1.165, 1.54) is 0 Å². The first-order chi connectivity index (χ1) is 16.5. The molecule has 1 aliphatic rings. The molecule has 0 fully saturated rings. The van der Waals surface area contributed by atoms with Crippen molar-refractivity contribution in [1.82, 2.24) is 0 Å². The van der Waals surface area contributed by atoms with Crippen LogP contribution < -0.4 is 4.74 Å². The third kappa shape index (κ3) is 5.79. The van der Waals surface area contributed by atoms with Crippen molar-refractivity contribution in [2.45, 2.75) is 98.3 Å². The lowest BCUT2D eigenvalue weighted by Crippen LogP contribution is -2.26. The molecule has 0 saturated carbocycles. The van der Waals surface area contributed by atoms with Crippen molar-refractivity contribution in [2.75, 3.05) is 0 Å². The Kier molecular flexibility index (Phi) is 8.46. The van der Waals surface area contributed by atoms with Crippen LogP contribution in [0.2, 0.25) is 0 Å². The molecule has 0 amide bonds. The van der Waals surface area contributed by atoms with Crippen LogP contribution in [0.25, 0.3) is 0 Å². The Bertz CT molecular complexity index is 1080. The fourth-order valence-corrected chi connectivity index (χ4v) is 5.44. The van der Waals surface area contributed by atoms with E-state index in [4.69, 9.17) is 4.74 Å². The molecule has 0 aliphatic carbocycles. The molecule has 1 heterocycles. The van der Waals surface area contributed by atoms with Crippen LogP contribution in [0.5, 0.6) is 5.75 Å². The molecule has 1 aliphatic heterocycles. The van der Waals surface area contributed by atoms with Crippen LogP contribution in [0.3, 0.4) is 0 Å². The number of esters is 1. The Labute approximate surface area is 211 Å². The first-order valence-corrected chi connectivity index (χ1v) is 13.2. The van der Waals surface area contributed by atoms with E-state index in [1.54, 1.807) is 0 Å². The largest absolute Gasteiger partial charge is 0.481 e. The van der Waals surface area contributed by atoms with Crippen molar-refractivity contribution in [3.05, 3.63) is 63.7 Å². The van der Waals surface area contributed by atoms with Crippen molar-refractivity contribution in [3.63, 3.8) is 0 Å². The molecular formula is C31H42O4. The minimum absolute atomic E-state index is 0.137. The van der Waals surface area contributed by atoms with Gasteiger partial charge in [-0.3, -0.25) is 9.59 Å². The van der Waals surface area contributed by atoms with E-state index in [9.17, 15) is 14.7 Å². The molecule has 4 nitrogen and oxygen atoms in total. The molecule has 4 heteroatoms.